The summed E-state index contributed by atoms with van der Waals surface area (Å²) in [5.41, 5.74) is -1.23. The maximum absolute atomic E-state index is 12.4. The summed E-state index contributed by atoms with van der Waals surface area (Å²) >= 11 is 5.36. The molecule has 0 radical (unpaired) electrons. The van der Waals surface area contributed by atoms with Gasteiger partial charge in [0.1, 0.15) is 4.90 Å². The van der Waals surface area contributed by atoms with Crippen LogP contribution < -0.4 is 10.7 Å². The summed E-state index contributed by atoms with van der Waals surface area (Å²) in [7, 11) is -4.22. The highest BCUT2D eigenvalue weighted by Crippen LogP contribution is 2.37. The molecule has 0 unspecified atom stereocenters. The van der Waals surface area contributed by atoms with Crippen LogP contribution in [0.2, 0.25) is 5.02 Å². The van der Waals surface area contributed by atoms with Gasteiger partial charge in [-0.25, -0.2) is 8.42 Å². The molecule has 0 saturated heterocycles. The van der Waals surface area contributed by atoms with Crippen molar-refractivity contribution in [2.24, 2.45) is 5.84 Å². The molecule has 1 rings (SSSR count). The van der Waals surface area contributed by atoms with Gasteiger partial charge in [0, 0.05) is 0 Å². The van der Waals surface area contributed by atoms with E-state index in [1.807, 2.05) is 0 Å². The number of hydrogen-bond acceptors (Lipinski definition) is 3. The molecule has 0 spiro atoms. The second-order valence-electron chi connectivity index (χ2n) is 2.74. The monoisotopic (exact) mass is 274 g/mol. The van der Waals surface area contributed by atoms with Gasteiger partial charge in [-0.2, -0.15) is 18.0 Å². The largest absolute Gasteiger partial charge is 0.417 e. The van der Waals surface area contributed by atoms with Crippen molar-refractivity contribution in [3.8, 4) is 0 Å². The number of rotatable bonds is 2. The van der Waals surface area contributed by atoms with Crippen LogP contribution in [-0.4, -0.2) is 8.42 Å². The Labute approximate surface area is 94.2 Å². The summed E-state index contributed by atoms with van der Waals surface area (Å²) in [4.78, 5) is 0.681. The molecule has 0 aliphatic carbocycles. The first-order valence-corrected chi connectivity index (χ1v) is 5.64. The maximum atomic E-state index is 12.4. The summed E-state index contributed by atoms with van der Waals surface area (Å²) in [5, 5.41) is -0.909. The summed E-state index contributed by atoms with van der Waals surface area (Å²) in [6.07, 6.45) is -4.72. The molecule has 1 aromatic carbocycles. The molecule has 0 atom stereocenters. The first kappa shape index (κ1) is 13.2. The zero-order valence-electron chi connectivity index (χ0n) is 7.55. The van der Waals surface area contributed by atoms with Crippen molar-refractivity contribution in [2.75, 3.05) is 0 Å². The average Bonchev–Trinajstić information content (AvgIpc) is 2.16. The van der Waals surface area contributed by atoms with Crippen molar-refractivity contribution < 1.29 is 21.6 Å². The first-order valence-electron chi connectivity index (χ1n) is 3.78. The van der Waals surface area contributed by atoms with Gasteiger partial charge in [-0.3, -0.25) is 5.84 Å². The molecule has 9 heteroatoms. The third-order valence-electron chi connectivity index (χ3n) is 1.71. The van der Waals surface area contributed by atoms with E-state index < -0.39 is 31.7 Å². The Balaban J connectivity index is 3.48. The number of nitrogens with two attached hydrogens (primary N) is 1. The van der Waals surface area contributed by atoms with Crippen molar-refractivity contribution >= 4 is 21.6 Å². The fraction of sp³-hybridized carbons (Fsp3) is 0.143. The summed E-state index contributed by atoms with van der Waals surface area (Å²) in [6.45, 7) is 0. The van der Waals surface area contributed by atoms with Crippen molar-refractivity contribution in [1.82, 2.24) is 4.83 Å². The highest BCUT2D eigenvalue weighted by Gasteiger charge is 2.35. The lowest BCUT2D eigenvalue weighted by Crippen LogP contribution is -2.30. The minimum absolute atomic E-state index is 0.678. The van der Waals surface area contributed by atoms with Crippen LogP contribution in [0.5, 0.6) is 0 Å². The van der Waals surface area contributed by atoms with Gasteiger partial charge < -0.3 is 0 Å². The van der Waals surface area contributed by atoms with Crippen molar-refractivity contribution in [1.29, 1.82) is 0 Å². The van der Waals surface area contributed by atoms with Crippen LogP contribution in [0.4, 0.5) is 13.2 Å². The van der Waals surface area contributed by atoms with Crippen LogP contribution in [0.1, 0.15) is 5.56 Å². The van der Waals surface area contributed by atoms with Gasteiger partial charge in [-0.05, 0) is 12.1 Å². The summed E-state index contributed by atoms with van der Waals surface area (Å²) in [5.74, 6) is 4.69. The lowest BCUT2D eigenvalue weighted by molar-refractivity contribution is -0.137. The number of alkyl halides is 3. The zero-order valence-corrected chi connectivity index (χ0v) is 9.12. The summed E-state index contributed by atoms with van der Waals surface area (Å²) < 4.78 is 59.6. The molecule has 0 aliphatic heterocycles. The second-order valence-corrected chi connectivity index (χ2v) is 4.80. The number of sulfonamides is 1. The number of nitrogens with one attached hydrogen (secondary N) is 1. The molecule has 3 N–H and O–H groups in total. The van der Waals surface area contributed by atoms with Crippen LogP contribution in [-0.2, 0) is 16.2 Å². The second kappa shape index (κ2) is 4.21. The average molecular weight is 275 g/mol. The molecule has 16 heavy (non-hydrogen) atoms. The molecule has 0 saturated carbocycles. The normalized spacial score (nSPS) is 12.8. The van der Waals surface area contributed by atoms with Crippen LogP contribution in [0.15, 0.2) is 23.1 Å². The third-order valence-corrected chi connectivity index (χ3v) is 3.46. The Morgan fingerprint density at radius 1 is 1.31 bits per heavy atom. The van der Waals surface area contributed by atoms with Gasteiger partial charge in [0.25, 0.3) is 10.0 Å². The number of halogens is 4. The van der Waals surface area contributed by atoms with E-state index >= 15 is 0 Å². The van der Waals surface area contributed by atoms with E-state index in [2.05, 4.69) is 5.84 Å². The van der Waals surface area contributed by atoms with Crippen LogP contribution in [0, 0.1) is 0 Å². The first-order chi connectivity index (χ1) is 7.20. The fourth-order valence-corrected chi connectivity index (χ4v) is 2.27. The summed E-state index contributed by atoms with van der Waals surface area (Å²) in [6, 6.07) is 2.53. The van der Waals surface area contributed by atoms with Gasteiger partial charge in [0.05, 0.1) is 10.6 Å². The molecule has 1 aromatic rings. The Kier molecular flexibility index (Phi) is 3.48. The molecular weight excluding hydrogens is 269 g/mol. The topological polar surface area (TPSA) is 72.2 Å². The van der Waals surface area contributed by atoms with E-state index in [9.17, 15) is 21.6 Å². The standard InChI is InChI=1S/C7H6ClF3N2O2S/c8-6-4(7(9,10)11)2-1-3-5(6)16(14,15)13-12/h1-3,13H,12H2. The van der Waals surface area contributed by atoms with Crippen molar-refractivity contribution in [3.63, 3.8) is 0 Å². The van der Waals surface area contributed by atoms with Crippen LogP contribution >= 0.6 is 11.6 Å². The molecule has 4 nitrogen and oxygen atoms in total. The van der Waals surface area contributed by atoms with Gasteiger partial charge in [0.15, 0.2) is 0 Å². The van der Waals surface area contributed by atoms with Gasteiger partial charge >= 0.3 is 6.18 Å². The predicted molar refractivity (Wildman–Crippen MR) is 51.0 cm³/mol. The van der Waals surface area contributed by atoms with E-state index in [1.54, 1.807) is 0 Å². The molecule has 0 aromatic heterocycles. The lowest BCUT2D eigenvalue weighted by atomic mass is 10.2. The molecule has 0 bridgehead atoms. The predicted octanol–water partition coefficient (Wildman–Crippen LogP) is 1.51. The molecule has 0 heterocycles. The van der Waals surface area contributed by atoms with E-state index in [4.69, 9.17) is 11.6 Å². The van der Waals surface area contributed by atoms with Gasteiger partial charge in [-0.1, -0.05) is 17.7 Å². The maximum Gasteiger partial charge on any atom is 0.417 e. The minimum Gasteiger partial charge on any atom is -0.257 e. The molecule has 90 valence electrons. The molecule has 0 amide bonds. The molecule has 0 fully saturated rings. The number of hydrogen-bond donors (Lipinski definition) is 2. The smallest absolute Gasteiger partial charge is 0.257 e. The van der Waals surface area contributed by atoms with E-state index in [0.29, 0.717) is 6.07 Å². The van der Waals surface area contributed by atoms with E-state index in [1.165, 1.54) is 4.83 Å². The number of hydrazine groups is 1. The Morgan fingerprint density at radius 3 is 2.31 bits per heavy atom. The van der Waals surface area contributed by atoms with Gasteiger partial charge in [-0.15, -0.1) is 0 Å². The highest BCUT2D eigenvalue weighted by molar-refractivity contribution is 7.89. The van der Waals surface area contributed by atoms with E-state index in [0.717, 1.165) is 12.1 Å². The van der Waals surface area contributed by atoms with Crippen molar-refractivity contribution in [3.05, 3.63) is 28.8 Å². The minimum atomic E-state index is -4.72. The fourth-order valence-electron chi connectivity index (χ4n) is 1.00. The molecule has 0 aliphatic rings. The quantitative estimate of drug-likeness (QED) is 0.634. The lowest BCUT2D eigenvalue weighted by Gasteiger charge is -2.11. The Hall–Kier alpha value is -0.830. The van der Waals surface area contributed by atoms with Crippen LogP contribution in [0.25, 0.3) is 0 Å². The van der Waals surface area contributed by atoms with Gasteiger partial charge in [0.2, 0.25) is 0 Å². The Bertz CT molecular complexity index is 501. The molecular formula is C7H6ClF3N2O2S. The highest BCUT2D eigenvalue weighted by atomic mass is 35.5. The third kappa shape index (κ3) is 2.46. The van der Waals surface area contributed by atoms with Crippen molar-refractivity contribution in [2.45, 2.75) is 11.1 Å². The van der Waals surface area contributed by atoms with E-state index in [-0.39, 0.29) is 0 Å². The Morgan fingerprint density at radius 2 is 1.88 bits per heavy atom. The number of benzene rings is 1. The SMILES string of the molecule is NNS(=O)(=O)c1cccc(C(F)(F)F)c1Cl. The van der Waals surface area contributed by atoms with Crippen LogP contribution in [0.3, 0.4) is 0 Å². The zero-order chi connectivity index (χ0) is 12.6.